The minimum atomic E-state index is -0.854. The number of halogens is 2. The van der Waals surface area contributed by atoms with Gasteiger partial charge in [-0.3, -0.25) is 0 Å². The van der Waals surface area contributed by atoms with Crippen molar-refractivity contribution in [1.82, 2.24) is 0 Å². The molecule has 0 saturated carbocycles. The van der Waals surface area contributed by atoms with Gasteiger partial charge in [0.15, 0.2) is 0 Å². The first-order valence-electron chi connectivity index (χ1n) is 1.01. The van der Waals surface area contributed by atoms with Gasteiger partial charge in [0.2, 0.25) is 6.73 Å². The highest BCUT2D eigenvalue weighted by atomic mass is 79.9. The van der Waals surface area contributed by atoms with Gasteiger partial charge < -0.3 is 0 Å². The Morgan fingerprint density at radius 3 is 2.00 bits per heavy atom. The summed E-state index contributed by atoms with van der Waals surface area (Å²) in [5.74, 6) is 0. The van der Waals surface area contributed by atoms with Gasteiger partial charge in [-0.1, -0.05) is 0 Å². The average molecular weight is 159 g/mol. The van der Waals surface area contributed by atoms with Crippen LogP contribution >= 0.6 is 26.4 Å². The molecule has 0 bridgehead atoms. The SMILES string of the molecule is C[SiH](Cl)Br. The maximum Gasteiger partial charge on any atom is 0.208 e. The summed E-state index contributed by atoms with van der Waals surface area (Å²) in [6.45, 7) is 1.13. The molecule has 0 aliphatic heterocycles. The van der Waals surface area contributed by atoms with Crippen LogP contribution in [0.25, 0.3) is 0 Å². The van der Waals surface area contributed by atoms with E-state index in [9.17, 15) is 0 Å². The molecule has 0 rings (SSSR count). The predicted molar refractivity (Wildman–Crippen MR) is 27.8 cm³/mol. The zero-order valence-corrected chi connectivity index (χ0v) is 5.83. The summed E-state index contributed by atoms with van der Waals surface area (Å²) in [4.78, 5) is 0. The Hall–Kier alpha value is 0.987. The molecule has 3 heteroatoms. The third kappa shape index (κ3) is 12.1. The Bertz CT molecular complexity index is 12.8. The Morgan fingerprint density at radius 2 is 2.00 bits per heavy atom. The first-order chi connectivity index (χ1) is 1.73. The highest BCUT2D eigenvalue weighted by molar-refractivity contribution is 9.25. The van der Waals surface area contributed by atoms with Crippen molar-refractivity contribution in [1.29, 1.82) is 0 Å². The van der Waals surface area contributed by atoms with Crippen LogP contribution in [0.1, 0.15) is 0 Å². The Kier molecular flexibility index (Phi) is 2.79. The summed E-state index contributed by atoms with van der Waals surface area (Å²) in [6, 6.07) is 0. The molecule has 0 nitrogen and oxygen atoms in total. The summed E-state index contributed by atoms with van der Waals surface area (Å²) in [7, 11) is 0. The van der Waals surface area contributed by atoms with Crippen LogP contribution in [0.5, 0.6) is 0 Å². The second kappa shape index (κ2) is 2.24. The van der Waals surface area contributed by atoms with Crippen molar-refractivity contribution < 1.29 is 0 Å². The molecule has 0 aromatic heterocycles. The van der Waals surface area contributed by atoms with Gasteiger partial charge in [-0.15, -0.1) is 15.3 Å². The summed E-state index contributed by atoms with van der Waals surface area (Å²) in [5, 5.41) is 0. The molecule has 26 valence electrons. The molecule has 0 aromatic carbocycles. The van der Waals surface area contributed by atoms with E-state index in [1.54, 1.807) is 0 Å². The molecule has 0 aliphatic carbocycles. The maximum absolute atomic E-state index is 5.33. The first-order valence-corrected chi connectivity index (χ1v) is 7.10. The lowest BCUT2D eigenvalue weighted by molar-refractivity contribution is 2.36. The molecule has 0 radical (unpaired) electrons. The van der Waals surface area contributed by atoms with Crippen molar-refractivity contribution in [2.75, 3.05) is 0 Å². The van der Waals surface area contributed by atoms with Crippen LogP contribution in [0.4, 0.5) is 0 Å². The van der Waals surface area contributed by atoms with E-state index in [0.29, 0.717) is 0 Å². The maximum atomic E-state index is 5.33. The Balaban J connectivity index is 2.32. The van der Waals surface area contributed by atoms with E-state index < -0.39 is 6.73 Å². The summed E-state index contributed by atoms with van der Waals surface area (Å²) >= 11 is 8.51. The molecular formula is CH4BrClSi. The Labute approximate surface area is 40.0 Å². The van der Waals surface area contributed by atoms with Gasteiger partial charge in [-0.05, 0) is 6.55 Å². The fourth-order valence-corrected chi connectivity index (χ4v) is 0. The topological polar surface area (TPSA) is 0 Å². The van der Waals surface area contributed by atoms with Crippen LogP contribution < -0.4 is 0 Å². The van der Waals surface area contributed by atoms with Gasteiger partial charge >= 0.3 is 0 Å². The third-order valence-electron chi connectivity index (χ3n) is 0. The molecule has 0 saturated heterocycles. The van der Waals surface area contributed by atoms with Gasteiger partial charge in [0.25, 0.3) is 0 Å². The minimum Gasteiger partial charge on any atom is -0.157 e. The molecular weight excluding hydrogens is 155 g/mol. The smallest absolute Gasteiger partial charge is 0.157 e. The molecule has 0 fully saturated rings. The summed E-state index contributed by atoms with van der Waals surface area (Å²) in [6.07, 6.45) is 0. The van der Waals surface area contributed by atoms with Crippen molar-refractivity contribution in [3.8, 4) is 0 Å². The van der Waals surface area contributed by atoms with Gasteiger partial charge in [-0.2, -0.15) is 11.1 Å². The average Bonchev–Trinajstić information content (AvgIpc) is 0.811. The highest BCUT2D eigenvalue weighted by Gasteiger charge is 1.79. The van der Waals surface area contributed by atoms with E-state index in [4.69, 9.17) is 11.1 Å². The number of hydrogen-bond donors (Lipinski definition) is 0. The predicted octanol–water partition coefficient (Wildman–Crippen LogP) is 1.47. The van der Waals surface area contributed by atoms with Crippen LogP contribution in [0.15, 0.2) is 0 Å². The van der Waals surface area contributed by atoms with Gasteiger partial charge in [0.05, 0.1) is 0 Å². The largest absolute Gasteiger partial charge is 0.208 e. The Morgan fingerprint density at radius 1 is 2.00 bits per heavy atom. The van der Waals surface area contributed by atoms with Crippen LogP contribution in [-0.4, -0.2) is 6.73 Å². The lowest BCUT2D eigenvalue weighted by Gasteiger charge is -1.69. The van der Waals surface area contributed by atoms with E-state index in [1.165, 1.54) is 0 Å². The molecule has 0 amide bonds. The van der Waals surface area contributed by atoms with Gasteiger partial charge in [-0.25, -0.2) is 0 Å². The van der Waals surface area contributed by atoms with Crippen molar-refractivity contribution in [3.63, 3.8) is 0 Å². The van der Waals surface area contributed by atoms with Gasteiger partial charge in [0.1, 0.15) is 0 Å². The lowest BCUT2D eigenvalue weighted by Crippen LogP contribution is -1.71. The van der Waals surface area contributed by atoms with Crippen molar-refractivity contribution in [2.45, 2.75) is 6.55 Å². The first kappa shape index (κ1) is 4.99. The second-order valence-corrected chi connectivity index (χ2v) is 9.22. The summed E-state index contributed by atoms with van der Waals surface area (Å²) < 4.78 is 0. The quantitative estimate of drug-likeness (QED) is 0.371. The molecule has 0 aromatic rings. The van der Waals surface area contributed by atoms with Crippen molar-refractivity contribution in [3.05, 3.63) is 0 Å². The molecule has 0 spiro atoms. The molecule has 0 heterocycles. The van der Waals surface area contributed by atoms with E-state index in [0.717, 1.165) is 0 Å². The van der Waals surface area contributed by atoms with Gasteiger partial charge in [0, 0.05) is 0 Å². The third-order valence-corrected chi connectivity index (χ3v) is 0. The van der Waals surface area contributed by atoms with E-state index in [2.05, 4.69) is 15.3 Å². The monoisotopic (exact) mass is 158 g/mol. The van der Waals surface area contributed by atoms with Crippen LogP contribution in [-0.2, 0) is 0 Å². The second-order valence-electron chi connectivity index (χ2n) is 0.519. The minimum absolute atomic E-state index is 0.854. The molecule has 0 aliphatic rings. The number of hydrogen-bond acceptors (Lipinski definition) is 0. The van der Waals surface area contributed by atoms with Crippen molar-refractivity contribution >= 4 is 33.1 Å². The van der Waals surface area contributed by atoms with Crippen molar-refractivity contribution in [2.24, 2.45) is 0 Å². The van der Waals surface area contributed by atoms with Crippen LogP contribution in [0, 0.1) is 0 Å². The zero-order valence-electron chi connectivity index (χ0n) is 2.33. The standard InChI is InChI=1S/CH4BrClSi/c1-4(2)3/h4H,1H3. The van der Waals surface area contributed by atoms with E-state index >= 15 is 0 Å². The van der Waals surface area contributed by atoms with E-state index in [1.807, 2.05) is 6.55 Å². The van der Waals surface area contributed by atoms with Crippen LogP contribution in [0.2, 0.25) is 6.55 Å². The molecule has 1 unspecified atom stereocenters. The number of rotatable bonds is 0. The fourth-order valence-electron chi connectivity index (χ4n) is 0. The zero-order chi connectivity index (χ0) is 3.58. The fraction of sp³-hybridized carbons (Fsp3) is 1.00. The molecule has 4 heavy (non-hydrogen) atoms. The van der Waals surface area contributed by atoms with Crippen LogP contribution in [0.3, 0.4) is 0 Å². The molecule has 1 atom stereocenters. The van der Waals surface area contributed by atoms with E-state index in [-0.39, 0.29) is 0 Å². The normalized spacial score (nSPS) is 15.8. The highest BCUT2D eigenvalue weighted by Crippen LogP contribution is 1.93. The summed E-state index contributed by atoms with van der Waals surface area (Å²) in [5.41, 5.74) is 0. The lowest BCUT2D eigenvalue weighted by atomic mass is 11.9. The molecule has 0 N–H and O–H groups in total.